The monoisotopic (exact) mass is 607 g/mol. The Balaban J connectivity index is 1.31. The summed E-state index contributed by atoms with van der Waals surface area (Å²) in [6.07, 6.45) is 0.938. The predicted octanol–water partition coefficient (Wildman–Crippen LogP) is 6.59. The van der Waals surface area contributed by atoms with Crippen LogP contribution in [0, 0.1) is 0 Å². The minimum Gasteiger partial charge on any atom is -0.493 e. The summed E-state index contributed by atoms with van der Waals surface area (Å²) in [7, 11) is 1.63. The summed E-state index contributed by atoms with van der Waals surface area (Å²) in [6, 6.07) is 19.2. The van der Waals surface area contributed by atoms with Crippen LogP contribution in [0.15, 0.2) is 70.3 Å². The van der Waals surface area contributed by atoms with Crippen molar-refractivity contribution in [1.29, 1.82) is 0 Å². The fraction of sp³-hybridized carbons (Fsp3) is 0.240. The van der Waals surface area contributed by atoms with Crippen LogP contribution in [0.3, 0.4) is 0 Å². The molecule has 0 fully saturated rings. The van der Waals surface area contributed by atoms with Gasteiger partial charge in [-0.3, -0.25) is 0 Å². The van der Waals surface area contributed by atoms with Crippen molar-refractivity contribution in [2.24, 2.45) is 0 Å². The number of nitrogens with one attached hydrogen (secondary N) is 1. The van der Waals surface area contributed by atoms with E-state index in [2.05, 4.69) is 36.8 Å². The Kier molecular flexibility index (Phi) is 9.89. The molecule has 0 spiro atoms. The molecular formula is C25H24BrCl2N5O2S. The van der Waals surface area contributed by atoms with Crippen LogP contribution in [0.5, 0.6) is 11.5 Å². The molecule has 0 saturated heterocycles. The second kappa shape index (κ2) is 13.3. The fourth-order valence-electron chi connectivity index (χ4n) is 3.43. The molecule has 4 rings (SSSR count). The van der Waals surface area contributed by atoms with Gasteiger partial charge in [0.15, 0.2) is 11.5 Å². The predicted molar refractivity (Wildman–Crippen MR) is 148 cm³/mol. The molecule has 11 heteroatoms. The fourth-order valence-corrected chi connectivity index (χ4v) is 5.03. The maximum Gasteiger partial charge on any atom is 0.214 e. The normalized spacial score (nSPS) is 11.0. The summed E-state index contributed by atoms with van der Waals surface area (Å²) in [5, 5.41) is 17.3. The number of thioether (sulfide) groups is 1. The maximum absolute atomic E-state index is 6.18. The quantitative estimate of drug-likeness (QED) is 0.144. The van der Waals surface area contributed by atoms with Gasteiger partial charge in [0, 0.05) is 22.3 Å². The molecule has 0 aliphatic heterocycles. The third kappa shape index (κ3) is 6.92. The maximum atomic E-state index is 6.18. The number of hydrogen-bond donors (Lipinski definition) is 1. The first-order valence-corrected chi connectivity index (χ1v) is 13.7. The van der Waals surface area contributed by atoms with Crippen LogP contribution in [0.4, 0.5) is 0 Å². The van der Waals surface area contributed by atoms with Gasteiger partial charge in [0.05, 0.1) is 22.8 Å². The Hall–Kier alpha value is -2.30. The number of ether oxygens (including phenoxy) is 2. The number of nitrogens with zero attached hydrogens (tertiary/aromatic N) is 4. The smallest absolute Gasteiger partial charge is 0.214 e. The number of benzene rings is 3. The summed E-state index contributed by atoms with van der Waals surface area (Å²) in [6.45, 7) is 1.76. The molecule has 4 aromatic rings. The lowest BCUT2D eigenvalue weighted by Gasteiger charge is -2.17. The molecule has 188 valence electrons. The van der Waals surface area contributed by atoms with Gasteiger partial charge in [0.1, 0.15) is 6.61 Å². The zero-order chi connectivity index (χ0) is 25.3. The Morgan fingerprint density at radius 1 is 1.06 bits per heavy atom. The molecule has 0 amide bonds. The van der Waals surface area contributed by atoms with Crippen molar-refractivity contribution >= 4 is 50.9 Å². The van der Waals surface area contributed by atoms with Crippen LogP contribution >= 0.6 is 50.9 Å². The van der Waals surface area contributed by atoms with E-state index in [1.165, 1.54) is 0 Å². The number of halogens is 3. The van der Waals surface area contributed by atoms with E-state index in [0.29, 0.717) is 34.7 Å². The zero-order valence-electron chi connectivity index (χ0n) is 19.5. The van der Waals surface area contributed by atoms with Crippen molar-refractivity contribution in [2.75, 3.05) is 19.4 Å². The van der Waals surface area contributed by atoms with Gasteiger partial charge < -0.3 is 14.8 Å². The molecule has 1 aromatic heterocycles. The molecule has 7 nitrogen and oxygen atoms in total. The van der Waals surface area contributed by atoms with Crippen LogP contribution in [-0.4, -0.2) is 39.6 Å². The minimum absolute atomic E-state index is 0.337. The summed E-state index contributed by atoms with van der Waals surface area (Å²) >= 11 is 17.5. The Labute approximate surface area is 232 Å². The van der Waals surface area contributed by atoms with E-state index in [4.69, 9.17) is 32.7 Å². The highest BCUT2D eigenvalue weighted by atomic mass is 79.9. The number of methoxy groups -OCH3 is 1. The SMILES string of the molecule is COc1ccc(Br)c(CNCCCSc2nnnn2-c2ccccc2)c1OCc1ccc(Cl)c(Cl)c1. The zero-order valence-corrected chi connectivity index (χ0v) is 23.4. The van der Waals surface area contributed by atoms with Gasteiger partial charge >= 0.3 is 0 Å². The van der Waals surface area contributed by atoms with Gasteiger partial charge in [-0.05, 0) is 65.4 Å². The van der Waals surface area contributed by atoms with Crippen molar-refractivity contribution in [3.8, 4) is 17.2 Å². The second-order valence-corrected chi connectivity index (χ2v) is 10.4. The van der Waals surface area contributed by atoms with Crippen molar-refractivity contribution < 1.29 is 9.47 Å². The summed E-state index contributed by atoms with van der Waals surface area (Å²) in [5.74, 6) is 2.22. The van der Waals surface area contributed by atoms with E-state index in [-0.39, 0.29) is 0 Å². The lowest BCUT2D eigenvalue weighted by molar-refractivity contribution is 0.280. The molecule has 1 N–H and O–H groups in total. The number of aromatic nitrogens is 4. The van der Waals surface area contributed by atoms with Crippen LogP contribution in [0.25, 0.3) is 5.69 Å². The van der Waals surface area contributed by atoms with E-state index in [9.17, 15) is 0 Å². The van der Waals surface area contributed by atoms with E-state index in [1.54, 1.807) is 35.7 Å². The van der Waals surface area contributed by atoms with Gasteiger partial charge in [-0.15, -0.1) is 5.10 Å². The molecule has 0 unspecified atom stereocenters. The highest BCUT2D eigenvalue weighted by Gasteiger charge is 2.15. The largest absolute Gasteiger partial charge is 0.493 e. The third-order valence-corrected chi connectivity index (χ3v) is 7.71. The summed E-state index contributed by atoms with van der Waals surface area (Å²) < 4.78 is 14.4. The first-order valence-electron chi connectivity index (χ1n) is 11.2. The molecule has 0 bridgehead atoms. The van der Waals surface area contributed by atoms with Crippen LogP contribution in [0.1, 0.15) is 17.5 Å². The van der Waals surface area contributed by atoms with Gasteiger partial charge in [-0.2, -0.15) is 4.68 Å². The van der Waals surface area contributed by atoms with Gasteiger partial charge in [0.25, 0.3) is 0 Å². The van der Waals surface area contributed by atoms with Crippen molar-refractivity contribution in [3.63, 3.8) is 0 Å². The Bertz CT molecular complexity index is 1290. The Morgan fingerprint density at radius 3 is 2.67 bits per heavy atom. The average molecular weight is 609 g/mol. The second-order valence-electron chi connectivity index (χ2n) is 7.68. The lowest BCUT2D eigenvalue weighted by atomic mass is 10.1. The summed E-state index contributed by atoms with van der Waals surface area (Å²) in [4.78, 5) is 0. The molecule has 0 aliphatic carbocycles. The van der Waals surface area contributed by atoms with Gasteiger partial charge in [-0.25, -0.2) is 0 Å². The van der Waals surface area contributed by atoms with Crippen molar-refractivity contribution in [1.82, 2.24) is 25.5 Å². The van der Waals surface area contributed by atoms with E-state index in [0.717, 1.165) is 45.2 Å². The molecule has 36 heavy (non-hydrogen) atoms. The molecule has 0 saturated carbocycles. The number of rotatable bonds is 12. The highest BCUT2D eigenvalue weighted by Crippen LogP contribution is 2.37. The Morgan fingerprint density at radius 2 is 1.89 bits per heavy atom. The molecule has 0 aliphatic rings. The molecule has 0 radical (unpaired) electrons. The number of para-hydroxylation sites is 1. The van der Waals surface area contributed by atoms with Crippen LogP contribution in [0.2, 0.25) is 10.0 Å². The van der Waals surface area contributed by atoms with Crippen LogP contribution < -0.4 is 14.8 Å². The topological polar surface area (TPSA) is 74.1 Å². The first-order chi connectivity index (χ1) is 17.6. The van der Waals surface area contributed by atoms with Gasteiger partial charge in [-0.1, -0.05) is 75.2 Å². The minimum atomic E-state index is 0.337. The first kappa shape index (κ1) is 26.8. The van der Waals surface area contributed by atoms with Crippen molar-refractivity contribution in [3.05, 3.63) is 86.3 Å². The number of tetrazole rings is 1. The average Bonchev–Trinajstić information content (AvgIpc) is 3.37. The molecule has 3 aromatic carbocycles. The third-order valence-electron chi connectivity index (χ3n) is 5.23. The molecule has 0 atom stereocenters. The standard InChI is InChI=1S/C25H24BrCl2N5O2S/c1-34-23-11-9-20(26)19(24(23)35-16-17-8-10-21(27)22(28)14-17)15-29-12-5-13-36-25-30-31-32-33(25)18-6-3-2-4-7-18/h2-4,6-11,14,29H,5,12-13,15-16H2,1H3. The van der Waals surface area contributed by atoms with Crippen LogP contribution in [-0.2, 0) is 13.2 Å². The lowest BCUT2D eigenvalue weighted by Crippen LogP contribution is -2.17. The van der Waals surface area contributed by atoms with E-state index < -0.39 is 0 Å². The summed E-state index contributed by atoms with van der Waals surface area (Å²) in [5.41, 5.74) is 2.84. The highest BCUT2D eigenvalue weighted by molar-refractivity contribution is 9.10. The number of hydrogen-bond acceptors (Lipinski definition) is 7. The van der Waals surface area contributed by atoms with Crippen molar-refractivity contribution in [2.45, 2.75) is 24.7 Å². The van der Waals surface area contributed by atoms with E-state index >= 15 is 0 Å². The van der Waals surface area contributed by atoms with E-state index in [1.807, 2.05) is 48.5 Å². The van der Waals surface area contributed by atoms with Gasteiger partial charge in [0.2, 0.25) is 5.16 Å². The molecule has 1 heterocycles. The molecular weight excluding hydrogens is 585 g/mol.